The van der Waals surface area contributed by atoms with Crippen LogP contribution in [0.1, 0.15) is 36.4 Å². The molecule has 1 heterocycles. The van der Waals surface area contributed by atoms with Crippen LogP contribution in [0.5, 0.6) is 0 Å². The summed E-state index contributed by atoms with van der Waals surface area (Å²) in [5, 5.41) is 16.6. The van der Waals surface area contributed by atoms with E-state index in [0.717, 1.165) is 11.1 Å². The molecular weight excluding hydrogens is 811 g/mol. The largest absolute Gasteiger partial charge is 0.447 e. The third-order valence-electron chi connectivity index (χ3n) is 9.69. The third-order valence-corrected chi connectivity index (χ3v) is 10.4. The summed E-state index contributed by atoms with van der Waals surface area (Å²) in [5.74, 6) is -0.490. The zero-order valence-electron chi connectivity index (χ0n) is 34.1. The Bertz CT molecular complexity index is 1570. The number of amides is 3. The van der Waals surface area contributed by atoms with Crippen molar-refractivity contribution in [1.82, 2.24) is 15.1 Å². The molecule has 2 aromatic rings. The summed E-state index contributed by atoms with van der Waals surface area (Å²) in [4.78, 5) is 43.4. The first-order valence-corrected chi connectivity index (χ1v) is 20.8. The number of nitrogens with one attached hydrogen (secondary N) is 2. The van der Waals surface area contributed by atoms with Gasteiger partial charge in [-0.25, -0.2) is 4.79 Å². The first kappa shape index (κ1) is 48.5. The lowest BCUT2D eigenvalue weighted by atomic mass is 10.0. The highest BCUT2D eigenvalue weighted by molar-refractivity contribution is 6.42. The normalized spacial score (nSPS) is 16.5. The zero-order valence-corrected chi connectivity index (χ0v) is 35.6. The van der Waals surface area contributed by atoms with E-state index >= 15 is 0 Å². The number of aliphatic hydroxyl groups is 1. The fourth-order valence-corrected chi connectivity index (χ4v) is 6.49. The Morgan fingerprint density at radius 2 is 1.39 bits per heavy atom. The van der Waals surface area contributed by atoms with Crippen LogP contribution in [0.15, 0.2) is 42.5 Å². The van der Waals surface area contributed by atoms with Gasteiger partial charge in [-0.1, -0.05) is 41.4 Å². The molecule has 1 aliphatic carbocycles. The Morgan fingerprint density at radius 1 is 0.814 bits per heavy atom. The van der Waals surface area contributed by atoms with Crippen molar-refractivity contribution in [2.75, 3.05) is 132 Å². The highest BCUT2D eigenvalue weighted by Crippen LogP contribution is 2.37. The lowest BCUT2D eigenvalue weighted by molar-refractivity contribution is -0.131. The maximum absolute atomic E-state index is 13.6. The van der Waals surface area contributed by atoms with Gasteiger partial charge >= 0.3 is 6.09 Å². The fourth-order valence-electron chi connectivity index (χ4n) is 6.17. The van der Waals surface area contributed by atoms with Crippen LogP contribution in [0.4, 0.5) is 10.5 Å². The number of benzene rings is 2. The number of halogens is 2. The lowest BCUT2D eigenvalue weighted by Gasteiger charge is -2.32. The van der Waals surface area contributed by atoms with Crippen LogP contribution in [0.3, 0.4) is 0 Å². The molecule has 2 atom stereocenters. The van der Waals surface area contributed by atoms with E-state index in [1.54, 1.807) is 43.3 Å². The molecule has 1 saturated carbocycles. The number of ether oxygens (including phenoxy) is 8. The van der Waals surface area contributed by atoms with Gasteiger partial charge in [0.15, 0.2) is 0 Å². The quantitative estimate of drug-likeness (QED) is 0.0970. The molecule has 2 aliphatic rings. The van der Waals surface area contributed by atoms with Crippen molar-refractivity contribution in [2.24, 2.45) is 0 Å². The van der Waals surface area contributed by atoms with Crippen LogP contribution >= 0.6 is 23.2 Å². The number of anilines is 1. The smallest absolute Gasteiger partial charge is 0.408 e. The number of carbonyl (C=O) groups is 3. The second-order valence-corrected chi connectivity index (χ2v) is 15.1. The molecule has 0 bridgehead atoms. The van der Waals surface area contributed by atoms with Crippen molar-refractivity contribution < 1.29 is 57.4 Å². The Kier molecular flexibility index (Phi) is 22.2. The maximum Gasteiger partial charge on any atom is 0.408 e. The van der Waals surface area contributed by atoms with Crippen LogP contribution in [0.2, 0.25) is 10.0 Å². The first-order valence-electron chi connectivity index (χ1n) is 20.0. The molecule has 1 saturated heterocycles. The molecule has 1 aliphatic heterocycles. The van der Waals surface area contributed by atoms with E-state index in [2.05, 4.69) is 15.5 Å². The standard InChI is InChI=1S/C41H60Cl2N4O12/c1-46(38(49)27-31-6-7-35(42)36(43)26-31)37(30-47-11-8-34(48)29-47)32-4-3-5-33(28-32)44-39(50)41(9-10-41)45-40(51)59-25-24-58-23-22-57-21-20-56-19-18-55-17-16-54-15-14-53-13-12-52-2/h3-7,26,28,34,37,48H,8-25,27,29-30H2,1-2H3,(H,44,50)(H,45,51)/t34-,37+/m0/s1. The van der Waals surface area contributed by atoms with Crippen molar-refractivity contribution in [1.29, 1.82) is 0 Å². The van der Waals surface area contributed by atoms with Crippen LogP contribution in [0.25, 0.3) is 0 Å². The van der Waals surface area contributed by atoms with Crippen molar-refractivity contribution in [3.63, 3.8) is 0 Å². The highest BCUT2D eigenvalue weighted by Gasteiger charge is 2.51. The van der Waals surface area contributed by atoms with E-state index in [-0.39, 0.29) is 37.5 Å². The first-order chi connectivity index (χ1) is 28.6. The number of hydrogen-bond donors (Lipinski definition) is 3. The minimum absolute atomic E-state index is 0.00856. The average Bonchev–Trinajstić information content (AvgIpc) is 3.89. The fraction of sp³-hybridized carbons (Fsp3) is 0.634. The van der Waals surface area contributed by atoms with Crippen molar-refractivity contribution in [2.45, 2.75) is 43.4 Å². The number of likely N-dealkylation sites (tertiary alicyclic amines) is 1. The van der Waals surface area contributed by atoms with Gasteiger partial charge in [0.05, 0.1) is 115 Å². The number of aliphatic hydroxyl groups excluding tert-OH is 1. The predicted molar refractivity (Wildman–Crippen MR) is 221 cm³/mol. The molecule has 0 radical (unpaired) electrons. The number of hydrogen-bond acceptors (Lipinski definition) is 13. The zero-order chi connectivity index (χ0) is 42.3. The van der Waals surface area contributed by atoms with Gasteiger partial charge in [0.1, 0.15) is 12.1 Å². The van der Waals surface area contributed by atoms with Gasteiger partial charge in [0.25, 0.3) is 0 Å². The summed E-state index contributed by atoms with van der Waals surface area (Å²) in [5.41, 5.74) is 0.983. The van der Waals surface area contributed by atoms with Gasteiger partial charge in [0, 0.05) is 39.5 Å². The second kappa shape index (κ2) is 26.9. The molecule has 3 N–H and O–H groups in total. The highest BCUT2D eigenvalue weighted by atomic mass is 35.5. The maximum atomic E-state index is 13.6. The van der Waals surface area contributed by atoms with E-state index in [4.69, 9.17) is 61.1 Å². The van der Waals surface area contributed by atoms with Gasteiger partial charge in [-0.05, 0) is 54.7 Å². The van der Waals surface area contributed by atoms with Crippen LogP contribution in [0, 0.1) is 0 Å². The molecule has 18 heteroatoms. The number of likely N-dealkylation sites (N-methyl/N-ethyl adjacent to an activating group) is 1. The van der Waals surface area contributed by atoms with Crippen LogP contribution < -0.4 is 10.6 Å². The molecule has 2 fully saturated rings. The number of methoxy groups -OCH3 is 1. The van der Waals surface area contributed by atoms with Crippen LogP contribution in [-0.2, 0) is 53.9 Å². The second-order valence-electron chi connectivity index (χ2n) is 14.2. The Morgan fingerprint density at radius 3 is 1.92 bits per heavy atom. The topological polar surface area (TPSA) is 176 Å². The van der Waals surface area contributed by atoms with E-state index in [1.807, 2.05) is 18.2 Å². The monoisotopic (exact) mass is 870 g/mol. The molecule has 0 spiro atoms. The summed E-state index contributed by atoms with van der Waals surface area (Å²) in [7, 11) is 3.38. The SMILES string of the molecule is COCCOCCOCCOCCOCCOCCOCCOC(=O)NC1(C(=O)Nc2cccc([C@@H](CN3CC[C@H](O)C3)N(C)C(=O)Cc3ccc(Cl)c(Cl)c3)c2)CC1. The molecule has 0 aromatic heterocycles. The van der Waals surface area contributed by atoms with Crippen molar-refractivity contribution in [3.8, 4) is 0 Å². The van der Waals surface area contributed by atoms with E-state index < -0.39 is 17.7 Å². The predicted octanol–water partition coefficient (Wildman–Crippen LogP) is 3.75. The molecule has 3 amide bonds. The number of nitrogens with zero attached hydrogens (tertiary/aromatic N) is 2. The van der Waals surface area contributed by atoms with Crippen LogP contribution in [-0.4, -0.2) is 171 Å². The van der Waals surface area contributed by atoms with Gasteiger partial charge in [-0.2, -0.15) is 0 Å². The lowest BCUT2D eigenvalue weighted by Crippen LogP contribution is -2.46. The number of alkyl carbamates (subject to hydrolysis) is 1. The minimum atomic E-state index is -1.08. The molecule has 16 nitrogen and oxygen atoms in total. The summed E-state index contributed by atoms with van der Waals surface area (Å²) in [6, 6.07) is 12.1. The number of β-amino-alcohol motifs (C(OH)–C–C–N with tert-alkyl or cyclic N) is 1. The summed E-state index contributed by atoms with van der Waals surface area (Å²) in [6.07, 6.45) is 0.571. The van der Waals surface area contributed by atoms with Crippen molar-refractivity contribution in [3.05, 3.63) is 63.6 Å². The molecule has 330 valence electrons. The van der Waals surface area contributed by atoms with Crippen molar-refractivity contribution >= 4 is 46.8 Å². The summed E-state index contributed by atoms with van der Waals surface area (Å²) < 4.78 is 42.8. The Balaban J connectivity index is 1.10. The number of rotatable bonds is 30. The molecule has 0 unspecified atom stereocenters. The summed E-state index contributed by atoms with van der Waals surface area (Å²) in [6.45, 7) is 7.43. The Hall–Kier alpha value is -3.13. The van der Waals surface area contributed by atoms with E-state index in [1.165, 1.54) is 0 Å². The molecule has 2 aromatic carbocycles. The number of carbonyl (C=O) groups excluding carboxylic acids is 3. The molecule has 4 rings (SSSR count). The van der Waals surface area contributed by atoms with Gasteiger partial charge in [0.2, 0.25) is 11.8 Å². The van der Waals surface area contributed by atoms with E-state index in [9.17, 15) is 19.5 Å². The Labute approximate surface area is 356 Å². The van der Waals surface area contributed by atoms with Gasteiger partial charge < -0.3 is 58.5 Å². The van der Waals surface area contributed by atoms with Gasteiger partial charge in [-0.3, -0.25) is 14.5 Å². The minimum Gasteiger partial charge on any atom is -0.447 e. The third kappa shape index (κ3) is 18.2. The van der Waals surface area contributed by atoms with E-state index in [0.29, 0.717) is 134 Å². The average molecular weight is 872 g/mol. The summed E-state index contributed by atoms with van der Waals surface area (Å²) >= 11 is 12.3. The molecule has 59 heavy (non-hydrogen) atoms. The van der Waals surface area contributed by atoms with Gasteiger partial charge in [-0.15, -0.1) is 0 Å². The molecular formula is C41H60Cl2N4O12.